The normalized spacial score (nSPS) is 28.7. The van der Waals surface area contributed by atoms with E-state index in [0.29, 0.717) is 17.8 Å². The van der Waals surface area contributed by atoms with Crippen LogP contribution in [0.5, 0.6) is 0 Å². The monoisotopic (exact) mass is 452 g/mol. The van der Waals surface area contributed by atoms with Gasteiger partial charge in [0.2, 0.25) is 0 Å². The first-order valence-electron chi connectivity index (χ1n) is 10.7. The highest BCUT2D eigenvalue weighted by Crippen LogP contribution is 2.47. The van der Waals surface area contributed by atoms with Crippen LogP contribution in [0.4, 0.5) is 23.2 Å². The summed E-state index contributed by atoms with van der Waals surface area (Å²) in [6, 6.07) is 7.69. The number of nitrogens with zero attached hydrogens (tertiary/aromatic N) is 3. The molecule has 1 atom stereocenters. The lowest BCUT2D eigenvalue weighted by molar-refractivity contribution is -0.141. The largest absolute Gasteiger partial charge is 0.433 e. The number of benzene rings is 1. The van der Waals surface area contributed by atoms with Crippen molar-refractivity contribution in [3.05, 3.63) is 59.2 Å². The summed E-state index contributed by atoms with van der Waals surface area (Å²) in [5.74, 6) is -0.269. The smallest absolute Gasteiger partial charge is 0.361 e. The number of aliphatic hydroxyl groups excluding tert-OH is 1. The second-order valence-corrected chi connectivity index (χ2v) is 9.22. The molecular formula is C23H28F4N4O. The molecule has 2 aromatic rings. The van der Waals surface area contributed by atoms with Crippen molar-refractivity contribution in [1.29, 1.82) is 0 Å². The van der Waals surface area contributed by atoms with Crippen LogP contribution < -0.4 is 10.2 Å². The van der Waals surface area contributed by atoms with Crippen molar-refractivity contribution in [2.24, 2.45) is 0 Å². The lowest BCUT2D eigenvalue weighted by Gasteiger charge is -2.49. The standard InChI is InChI=1S/C23H28F4N4O/c1-15-11-19(23(25,26)27)28-13-18(15)31-14-21(29-20(31)32)7-9-22(10-8-21,30(2)3)16-5-4-6-17(24)12-16/h4-6,11-13,20,29,32H,7-10,14H2,1-3H3. The zero-order valence-corrected chi connectivity index (χ0v) is 18.4. The Labute approximate surface area is 185 Å². The van der Waals surface area contributed by atoms with Gasteiger partial charge >= 0.3 is 6.18 Å². The average molecular weight is 452 g/mol. The number of pyridine rings is 1. The first-order valence-corrected chi connectivity index (χ1v) is 10.7. The van der Waals surface area contributed by atoms with E-state index in [1.807, 2.05) is 20.2 Å². The summed E-state index contributed by atoms with van der Waals surface area (Å²) in [4.78, 5) is 7.37. The highest BCUT2D eigenvalue weighted by atomic mass is 19.4. The second kappa shape index (κ2) is 7.97. The first-order chi connectivity index (χ1) is 15.0. The van der Waals surface area contributed by atoms with Gasteiger partial charge in [-0.3, -0.25) is 10.2 Å². The molecule has 5 nitrogen and oxygen atoms in total. The zero-order chi connectivity index (χ0) is 23.3. The molecule has 1 aromatic carbocycles. The molecule has 2 aliphatic rings. The Morgan fingerprint density at radius 1 is 1.16 bits per heavy atom. The van der Waals surface area contributed by atoms with Gasteiger partial charge in [-0.1, -0.05) is 12.1 Å². The number of anilines is 1. The number of halogens is 4. The Bertz CT molecular complexity index is 986. The van der Waals surface area contributed by atoms with Crippen LogP contribution in [-0.2, 0) is 11.7 Å². The SMILES string of the molecule is Cc1cc(C(F)(F)F)ncc1N1CC2(CCC(c3cccc(F)c3)(N(C)C)CC2)NC1O. The first kappa shape index (κ1) is 22.9. The van der Waals surface area contributed by atoms with Crippen LogP contribution in [0.25, 0.3) is 0 Å². The fraction of sp³-hybridized carbons (Fsp3) is 0.522. The van der Waals surface area contributed by atoms with Gasteiger partial charge in [-0.05, 0) is 76.0 Å². The maximum atomic E-state index is 13.9. The Kier molecular flexibility index (Phi) is 5.71. The highest BCUT2D eigenvalue weighted by molar-refractivity contribution is 5.54. The van der Waals surface area contributed by atoms with Gasteiger partial charge in [-0.25, -0.2) is 9.37 Å². The molecule has 2 heterocycles. The van der Waals surface area contributed by atoms with Crippen LogP contribution in [-0.4, -0.2) is 47.5 Å². The molecule has 1 saturated heterocycles. The van der Waals surface area contributed by atoms with Crippen LogP contribution in [0.2, 0.25) is 0 Å². The molecule has 1 spiro atoms. The minimum absolute atomic E-state index is 0.269. The Balaban J connectivity index is 1.55. The summed E-state index contributed by atoms with van der Waals surface area (Å²) in [5, 5.41) is 14.0. The summed E-state index contributed by atoms with van der Waals surface area (Å²) in [6.45, 7) is 2.04. The Morgan fingerprint density at radius 2 is 1.84 bits per heavy atom. The molecule has 1 saturated carbocycles. The van der Waals surface area contributed by atoms with Gasteiger partial charge < -0.3 is 10.0 Å². The maximum absolute atomic E-state index is 13.9. The lowest BCUT2D eigenvalue weighted by Crippen LogP contribution is -2.54. The van der Waals surface area contributed by atoms with Gasteiger partial charge in [0.25, 0.3) is 0 Å². The van der Waals surface area contributed by atoms with Crippen LogP contribution in [0.1, 0.15) is 42.5 Å². The van der Waals surface area contributed by atoms with Crippen LogP contribution in [0, 0.1) is 12.7 Å². The van der Waals surface area contributed by atoms with Crippen molar-refractivity contribution in [1.82, 2.24) is 15.2 Å². The second-order valence-electron chi connectivity index (χ2n) is 9.22. The minimum Gasteiger partial charge on any atom is -0.361 e. The molecule has 2 fully saturated rings. The van der Waals surface area contributed by atoms with E-state index in [-0.39, 0.29) is 16.9 Å². The number of alkyl halides is 3. The van der Waals surface area contributed by atoms with E-state index in [4.69, 9.17) is 0 Å². The quantitative estimate of drug-likeness (QED) is 0.690. The number of aromatic nitrogens is 1. The molecule has 32 heavy (non-hydrogen) atoms. The summed E-state index contributed by atoms with van der Waals surface area (Å²) in [6.07, 6.45) is -1.40. The fourth-order valence-corrected chi connectivity index (χ4v) is 5.25. The van der Waals surface area contributed by atoms with E-state index in [9.17, 15) is 22.7 Å². The van der Waals surface area contributed by atoms with Gasteiger partial charge in [0.05, 0.1) is 11.9 Å². The van der Waals surface area contributed by atoms with E-state index in [1.165, 1.54) is 12.3 Å². The van der Waals surface area contributed by atoms with Crippen molar-refractivity contribution in [3.63, 3.8) is 0 Å². The van der Waals surface area contributed by atoms with E-state index in [0.717, 1.165) is 37.3 Å². The van der Waals surface area contributed by atoms with Crippen molar-refractivity contribution in [2.45, 2.75) is 56.2 Å². The molecule has 1 aliphatic carbocycles. The van der Waals surface area contributed by atoms with Gasteiger partial charge in [0.1, 0.15) is 11.5 Å². The molecule has 1 aliphatic heterocycles. The molecule has 174 valence electrons. The molecule has 4 rings (SSSR count). The van der Waals surface area contributed by atoms with Gasteiger partial charge in [-0.15, -0.1) is 0 Å². The topological polar surface area (TPSA) is 51.6 Å². The number of hydrogen-bond acceptors (Lipinski definition) is 5. The van der Waals surface area contributed by atoms with Gasteiger partial charge in [0.15, 0.2) is 6.35 Å². The predicted molar refractivity (Wildman–Crippen MR) is 113 cm³/mol. The summed E-state index contributed by atoms with van der Waals surface area (Å²) in [7, 11) is 3.98. The van der Waals surface area contributed by atoms with Gasteiger partial charge in [-0.2, -0.15) is 13.2 Å². The molecule has 0 amide bonds. The predicted octanol–water partition coefficient (Wildman–Crippen LogP) is 4.00. The zero-order valence-electron chi connectivity index (χ0n) is 18.4. The summed E-state index contributed by atoms with van der Waals surface area (Å²) < 4.78 is 52.9. The van der Waals surface area contributed by atoms with Crippen molar-refractivity contribution in [2.75, 3.05) is 25.5 Å². The molecule has 1 unspecified atom stereocenters. The number of aryl methyl sites for hydroxylation is 1. The van der Waals surface area contributed by atoms with Crippen molar-refractivity contribution < 1.29 is 22.7 Å². The van der Waals surface area contributed by atoms with Crippen molar-refractivity contribution >= 4 is 5.69 Å². The fourth-order valence-electron chi connectivity index (χ4n) is 5.25. The third-order valence-electron chi connectivity index (χ3n) is 7.14. The summed E-state index contributed by atoms with van der Waals surface area (Å²) >= 11 is 0. The Hall–Kier alpha value is -2.23. The third-order valence-corrected chi connectivity index (χ3v) is 7.14. The molecule has 2 N–H and O–H groups in total. The van der Waals surface area contributed by atoms with E-state index >= 15 is 0 Å². The highest BCUT2D eigenvalue weighted by Gasteiger charge is 2.50. The lowest BCUT2D eigenvalue weighted by atomic mass is 9.69. The molecule has 0 radical (unpaired) electrons. The number of hydrogen-bond donors (Lipinski definition) is 2. The third kappa shape index (κ3) is 3.97. The van der Waals surface area contributed by atoms with Crippen LogP contribution in [0.3, 0.4) is 0 Å². The molecule has 0 bridgehead atoms. The number of nitrogens with one attached hydrogen (secondary N) is 1. The van der Waals surface area contributed by atoms with Crippen molar-refractivity contribution in [3.8, 4) is 0 Å². The number of aliphatic hydroxyl groups is 1. The Morgan fingerprint density at radius 3 is 2.41 bits per heavy atom. The van der Waals surface area contributed by atoms with E-state index in [1.54, 1.807) is 24.0 Å². The average Bonchev–Trinajstić information content (AvgIpc) is 3.03. The molecule has 1 aromatic heterocycles. The minimum atomic E-state index is -4.51. The van der Waals surface area contributed by atoms with Crippen LogP contribution >= 0.6 is 0 Å². The van der Waals surface area contributed by atoms with E-state index < -0.39 is 18.2 Å². The molecular weight excluding hydrogens is 424 g/mol. The maximum Gasteiger partial charge on any atom is 0.433 e. The molecule has 9 heteroatoms. The van der Waals surface area contributed by atoms with Crippen LogP contribution in [0.15, 0.2) is 36.5 Å². The van der Waals surface area contributed by atoms with Gasteiger partial charge in [0, 0.05) is 17.6 Å². The van der Waals surface area contributed by atoms with E-state index in [2.05, 4.69) is 15.2 Å². The number of rotatable bonds is 3. The summed E-state index contributed by atoms with van der Waals surface area (Å²) in [5.41, 5.74) is 0.155.